The first-order valence-corrected chi connectivity index (χ1v) is 9.96. The van der Waals surface area contributed by atoms with Crippen LogP contribution in [0.1, 0.15) is 39.5 Å². The van der Waals surface area contributed by atoms with E-state index in [1.165, 1.54) is 23.3 Å². The largest absolute Gasteiger partial charge is 0.445 e. The highest BCUT2D eigenvalue weighted by Gasteiger charge is 2.33. The van der Waals surface area contributed by atoms with E-state index in [-0.39, 0.29) is 11.8 Å². The van der Waals surface area contributed by atoms with Crippen LogP contribution in [0, 0.1) is 6.92 Å². The molecule has 1 N–H and O–H groups in total. The first kappa shape index (κ1) is 18.9. The highest BCUT2D eigenvalue weighted by atomic mass is 32.1. The molecule has 1 aliphatic heterocycles. The van der Waals surface area contributed by atoms with Gasteiger partial charge in [-0.3, -0.25) is 9.59 Å². The van der Waals surface area contributed by atoms with E-state index in [0.29, 0.717) is 17.1 Å². The number of hydrogen-bond acceptors (Lipinski definition) is 5. The van der Waals surface area contributed by atoms with E-state index in [1.54, 1.807) is 24.3 Å². The fraction of sp³-hybridized carbons (Fsp3) is 0.136. The quantitative estimate of drug-likeness (QED) is 0.692. The molecule has 0 saturated heterocycles. The summed E-state index contributed by atoms with van der Waals surface area (Å²) in [6, 6.07) is 18.4. The zero-order valence-electron chi connectivity index (χ0n) is 16.0. The van der Waals surface area contributed by atoms with Crippen molar-refractivity contribution in [2.75, 3.05) is 5.32 Å². The summed E-state index contributed by atoms with van der Waals surface area (Å²) in [7, 11) is 0. The Morgan fingerprint density at radius 1 is 1.10 bits per heavy atom. The summed E-state index contributed by atoms with van der Waals surface area (Å²) in [5.41, 5.74) is 3.00. The molecule has 2 aromatic carbocycles. The van der Waals surface area contributed by atoms with Gasteiger partial charge in [0.05, 0.1) is 4.88 Å². The lowest BCUT2D eigenvalue weighted by molar-refractivity contribution is -0.135. The molecule has 6 nitrogen and oxygen atoms in total. The van der Waals surface area contributed by atoms with Gasteiger partial charge in [0, 0.05) is 23.7 Å². The van der Waals surface area contributed by atoms with Gasteiger partial charge in [-0.05, 0) is 42.6 Å². The van der Waals surface area contributed by atoms with Crippen LogP contribution in [0.25, 0.3) is 0 Å². The number of aryl methyl sites for hydroxylation is 1. The average Bonchev–Trinajstić information content (AvgIpc) is 3.38. The number of hydrazone groups is 1. The molecule has 7 heteroatoms. The zero-order chi connectivity index (χ0) is 20.4. The Kier molecular flexibility index (Phi) is 5.14. The molecular formula is C22H19N3O3S. The number of rotatable bonds is 4. The number of thiophene rings is 1. The van der Waals surface area contributed by atoms with E-state index in [0.717, 1.165) is 16.0 Å². The lowest BCUT2D eigenvalue weighted by atomic mass is 10.1. The maximum absolute atomic E-state index is 12.5. The number of nitrogens with zero attached hydrogens (tertiary/aromatic N) is 2. The molecule has 0 unspecified atom stereocenters. The number of hydrogen-bond donors (Lipinski definition) is 1. The normalized spacial score (nSPS) is 15.6. The second-order valence-electron chi connectivity index (χ2n) is 6.66. The molecule has 1 aliphatic rings. The third kappa shape index (κ3) is 4.05. The van der Waals surface area contributed by atoms with Crippen LogP contribution in [0.5, 0.6) is 0 Å². The van der Waals surface area contributed by atoms with E-state index in [1.807, 2.05) is 48.7 Å². The fourth-order valence-corrected chi connectivity index (χ4v) is 3.61. The summed E-state index contributed by atoms with van der Waals surface area (Å²) in [5, 5.41) is 10.5. The van der Waals surface area contributed by atoms with Crippen molar-refractivity contribution in [2.45, 2.75) is 20.1 Å². The van der Waals surface area contributed by atoms with Crippen molar-refractivity contribution >= 4 is 34.7 Å². The van der Waals surface area contributed by atoms with Crippen LogP contribution in [-0.2, 0) is 9.53 Å². The Hall–Kier alpha value is -3.45. The number of nitrogens with one attached hydrogen (secondary N) is 1. The Balaban J connectivity index is 1.55. The summed E-state index contributed by atoms with van der Waals surface area (Å²) in [6.07, 6.45) is -0.680. The molecule has 0 spiro atoms. The third-order valence-corrected chi connectivity index (χ3v) is 5.30. The molecule has 1 atom stereocenters. The number of carbonyl (C=O) groups excluding carboxylic acids is 2. The lowest BCUT2D eigenvalue weighted by Crippen LogP contribution is -2.25. The molecule has 4 rings (SSSR count). The minimum atomic E-state index is -0.680. The second-order valence-corrected chi connectivity index (χ2v) is 7.61. The molecule has 1 aromatic heterocycles. The van der Waals surface area contributed by atoms with Gasteiger partial charge in [-0.1, -0.05) is 35.9 Å². The van der Waals surface area contributed by atoms with Gasteiger partial charge >= 0.3 is 0 Å². The van der Waals surface area contributed by atoms with Gasteiger partial charge in [-0.25, -0.2) is 0 Å². The number of carbonyl (C=O) groups is 2. The van der Waals surface area contributed by atoms with E-state index < -0.39 is 6.23 Å². The van der Waals surface area contributed by atoms with Crippen molar-refractivity contribution < 1.29 is 14.3 Å². The summed E-state index contributed by atoms with van der Waals surface area (Å²) in [5.74, 6) is -0.0154. The second kappa shape index (κ2) is 7.89. The topological polar surface area (TPSA) is 71.0 Å². The third-order valence-electron chi connectivity index (χ3n) is 4.44. The minimum Gasteiger partial charge on any atom is -0.445 e. The number of ether oxygens (including phenoxy) is 1. The van der Waals surface area contributed by atoms with Gasteiger partial charge in [0.2, 0.25) is 12.1 Å². The van der Waals surface area contributed by atoms with Gasteiger partial charge in [-0.15, -0.1) is 16.4 Å². The fourth-order valence-electron chi connectivity index (χ4n) is 2.96. The summed E-state index contributed by atoms with van der Waals surface area (Å²) >= 11 is 1.49. The van der Waals surface area contributed by atoms with Crippen LogP contribution >= 0.6 is 11.3 Å². The summed E-state index contributed by atoms with van der Waals surface area (Å²) in [4.78, 5) is 25.5. The Bertz CT molecular complexity index is 1070. The summed E-state index contributed by atoms with van der Waals surface area (Å²) in [6.45, 7) is 3.42. The molecule has 3 aromatic rings. The van der Waals surface area contributed by atoms with E-state index in [9.17, 15) is 9.59 Å². The zero-order valence-corrected chi connectivity index (χ0v) is 16.8. The van der Waals surface area contributed by atoms with Gasteiger partial charge in [0.1, 0.15) is 0 Å². The number of benzene rings is 2. The predicted molar refractivity (Wildman–Crippen MR) is 113 cm³/mol. The lowest BCUT2D eigenvalue weighted by Gasteiger charge is -2.20. The molecule has 0 radical (unpaired) electrons. The summed E-state index contributed by atoms with van der Waals surface area (Å²) < 4.78 is 5.98. The Morgan fingerprint density at radius 2 is 1.90 bits per heavy atom. The SMILES string of the molecule is CC(=O)N1N=C(c2cccs2)O[C@H]1c1cccc(NC(=O)c2ccc(C)cc2)c1. The molecule has 0 aliphatic carbocycles. The van der Waals surface area contributed by atoms with Gasteiger partial charge < -0.3 is 10.1 Å². The monoisotopic (exact) mass is 405 g/mol. The highest BCUT2D eigenvalue weighted by molar-refractivity contribution is 7.12. The molecule has 2 amide bonds. The number of amides is 2. The molecule has 0 fully saturated rings. The first-order chi connectivity index (χ1) is 14.0. The maximum Gasteiger partial charge on any atom is 0.255 e. The number of anilines is 1. The van der Waals surface area contributed by atoms with Crippen molar-refractivity contribution in [1.29, 1.82) is 0 Å². The van der Waals surface area contributed by atoms with E-state index >= 15 is 0 Å². The van der Waals surface area contributed by atoms with E-state index in [2.05, 4.69) is 10.4 Å². The van der Waals surface area contributed by atoms with Crippen LogP contribution in [-0.4, -0.2) is 22.7 Å². The molecule has 2 heterocycles. The van der Waals surface area contributed by atoms with Crippen molar-refractivity contribution in [3.05, 3.63) is 87.6 Å². The van der Waals surface area contributed by atoms with E-state index in [4.69, 9.17) is 4.74 Å². The van der Waals surface area contributed by atoms with Crippen LogP contribution in [0.2, 0.25) is 0 Å². The van der Waals surface area contributed by atoms with Crippen molar-refractivity contribution in [1.82, 2.24) is 5.01 Å². The van der Waals surface area contributed by atoms with Crippen LogP contribution in [0.3, 0.4) is 0 Å². The Morgan fingerprint density at radius 3 is 2.59 bits per heavy atom. The van der Waals surface area contributed by atoms with Gasteiger partial charge in [-0.2, -0.15) is 5.01 Å². The predicted octanol–water partition coefficient (Wildman–Crippen LogP) is 4.55. The molecule has 0 bridgehead atoms. The maximum atomic E-state index is 12.5. The van der Waals surface area contributed by atoms with Crippen LogP contribution < -0.4 is 5.32 Å². The van der Waals surface area contributed by atoms with Crippen LogP contribution in [0.4, 0.5) is 5.69 Å². The van der Waals surface area contributed by atoms with Gasteiger partial charge in [0.25, 0.3) is 11.8 Å². The van der Waals surface area contributed by atoms with Crippen molar-refractivity contribution in [3.63, 3.8) is 0 Å². The Labute approximate surface area is 172 Å². The van der Waals surface area contributed by atoms with Crippen LogP contribution in [0.15, 0.2) is 71.1 Å². The molecular weight excluding hydrogens is 386 g/mol. The first-order valence-electron chi connectivity index (χ1n) is 9.08. The van der Waals surface area contributed by atoms with Crippen molar-refractivity contribution in [2.24, 2.45) is 5.10 Å². The van der Waals surface area contributed by atoms with Crippen molar-refractivity contribution in [3.8, 4) is 0 Å². The molecule has 146 valence electrons. The smallest absolute Gasteiger partial charge is 0.255 e. The van der Waals surface area contributed by atoms with Gasteiger partial charge in [0.15, 0.2) is 0 Å². The standard InChI is InChI=1S/C22H19N3O3S/c1-14-8-10-16(11-9-14)20(27)23-18-6-3-5-17(13-18)22-25(15(2)26)24-21(28-22)19-7-4-12-29-19/h3-13,22H,1-2H3,(H,23,27)/t22-/m0/s1. The molecule has 0 saturated carbocycles. The molecule has 29 heavy (non-hydrogen) atoms. The average molecular weight is 405 g/mol. The highest BCUT2D eigenvalue weighted by Crippen LogP contribution is 2.32. The minimum absolute atomic E-state index is 0.201.